The second-order valence-corrected chi connectivity index (χ2v) is 5.41. The van der Waals surface area contributed by atoms with Gasteiger partial charge in [-0.15, -0.1) is 0 Å². The molecule has 4 nitrogen and oxygen atoms in total. The highest BCUT2D eigenvalue weighted by Gasteiger charge is 2.08. The highest BCUT2D eigenvalue weighted by atomic mass is 19.1. The van der Waals surface area contributed by atoms with Gasteiger partial charge >= 0.3 is 0 Å². The van der Waals surface area contributed by atoms with Gasteiger partial charge in [0.1, 0.15) is 23.3 Å². The molecule has 1 aromatic heterocycles. The summed E-state index contributed by atoms with van der Waals surface area (Å²) in [6, 6.07) is 11.2. The van der Waals surface area contributed by atoms with Crippen molar-refractivity contribution in [1.29, 1.82) is 0 Å². The number of anilines is 3. The van der Waals surface area contributed by atoms with Crippen molar-refractivity contribution in [2.45, 2.75) is 13.5 Å². The van der Waals surface area contributed by atoms with Gasteiger partial charge in [-0.1, -0.05) is 18.2 Å². The summed E-state index contributed by atoms with van der Waals surface area (Å²) in [4.78, 5) is 8.44. The summed E-state index contributed by atoms with van der Waals surface area (Å²) in [6.07, 6.45) is 0. The van der Waals surface area contributed by atoms with Gasteiger partial charge in [0.2, 0.25) is 5.95 Å². The number of hydrogen-bond acceptors (Lipinski definition) is 4. The van der Waals surface area contributed by atoms with Crippen molar-refractivity contribution in [3.8, 4) is 0 Å². The topological polar surface area (TPSA) is 49.8 Å². The van der Waals surface area contributed by atoms with Crippen LogP contribution < -0.4 is 10.6 Å². The van der Waals surface area contributed by atoms with Gasteiger partial charge in [0.15, 0.2) is 0 Å². The fraction of sp³-hybridized carbons (Fsp3) is 0.111. The summed E-state index contributed by atoms with van der Waals surface area (Å²) >= 11 is 0. The van der Waals surface area contributed by atoms with E-state index in [0.29, 0.717) is 17.1 Å². The molecule has 0 fully saturated rings. The van der Waals surface area contributed by atoms with Gasteiger partial charge in [0.25, 0.3) is 0 Å². The van der Waals surface area contributed by atoms with Gasteiger partial charge in [0.05, 0.1) is 5.69 Å². The molecule has 0 aliphatic rings. The average Bonchev–Trinajstić information content (AvgIpc) is 2.56. The van der Waals surface area contributed by atoms with Gasteiger partial charge in [-0.3, -0.25) is 0 Å². The Balaban J connectivity index is 1.77. The lowest BCUT2D eigenvalue weighted by Crippen LogP contribution is -2.07. The molecule has 0 spiro atoms. The summed E-state index contributed by atoms with van der Waals surface area (Å²) in [5.41, 5.74) is 1.21. The Labute approximate surface area is 142 Å². The van der Waals surface area contributed by atoms with Gasteiger partial charge in [-0.05, 0) is 25.1 Å². The van der Waals surface area contributed by atoms with Gasteiger partial charge in [-0.2, -0.15) is 4.98 Å². The third-order valence-corrected chi connectivity index (χ3v) is 3.44. The number of benzene rings is 2. The Morgan fingerprint density at radius 1 is 0.920 bits per heavy atom. The molecule has 0 aliphatic heterocycles. The van der Waals surface area contributed by atoms with Crippen LogP contribution >= 0.6 is 0 Å². The minimum absolute atomic E-state index is 0.0968. The van der Waals surface area contributed by atoms with E-state index in [1.54, 1.807) is 31.2 Å². The first-order valence-corrected chi connectivity index (χ1v) is 7.56. The molecular formula is C18H15F3N4. The molecule has 2 aromatic carbocycles. The second kappa shape index (κ2) is 7.21. The van der Waals surface area contributed by atoms with Crippen molar-refractivity contribution in [3.63, 3.8) is 0 Å². The quantitative estimate of drug-likeness (QED) is 0.712. The normalized spacial score (nSPS) is 10.6. The van der Waals surface area contributed by atoms with E-state index in [1.165, 1.54) is 12.1 Å². The fourth-order valence-electron chi connectivity index (χ4n) is 2.26. The molecule has 0 radical (unpaired) electrons. The molecule has 0 saturated carbocycles. The first-order valence-electron chi connectivity index (χ1n) is 7.56. The summed E-state index contributed by atoms with van der Waals surface area (Å²) < 4.78 is 40.4. The zero-order valence-electron chi connectivity index (χ0n) is 13.4. The molecule has 0 saturated heterocycles. The van der Waals surface area contributed by atoms with E-state index in [0.717, 1.165) is 12.1 Å². The van der Waals surface area contributed by atoms with E-state index in [2.05, 4.69) is 20.6 Å². The fourth-order valence-corrected chi connectivity index (χ4v) is 2.26. The minimum atomic E-state index is -0.725. The number of aryl methyl sites for hydroxylation is 1. The van der Waals surface area contributed by atoms with Crippen molar-refractivity contribution in [3.05, 3.63) is 77.2 Å². The highest BCUT2D eigenvalue weighted by Crippen LogP contribution is 2.21. The largest absolute Gasteiger partial charge is 0.350 e. The van der Waals surface area contributed by atoms with E-state index < -0.39 is 11.6 Å². The monoisotopic (exact) mass is 344 g/mol. The highest BCUT2D eigenvalue weighted by molar-refractivity contribution is 5.58. The molecular weight excluding hydrogens is 329 g/mol. The van der Waals surface area contributed by atoms with Crippen molar-refractivity contribution >= 4 is 17.5 Å². The molecule has 128 valence electrons. The number of aromatic nitrogens is 2. The van der Waals surface area contributed by atoms with Crippen LogP contribution in [0.4, 0.5) is 30.6 Å². The Hall–Kier alpha value is -3.09. The first-order chi connectivity index (χ1) is 12.0. The number of rotatable bonds is 5. The maximum Gasteiger partial charge on any atom is 0.225 e. The van der Waals surface area contributed by atoms with Crippen LogP contribution in [0, 0.1) is 24.4 Å². The van der Waals surface area contributed by atoms with Crippen LogP contribution in [0.2, 0.25) is 0 Å². The van der Waals surface area contributed by atoms with Crippen LogP contribution in [0.25, 0.3) is 0 Å². The summed E-state index contributed by atoms with van der Waals surface area (Å²) in [7, 11) is 0. The van der Waals surface area contributed by atoms with Gasteiger partial charge < -0.3 is 10.6 Å². The van der Waals surface area contributed by atoms with E-state index in [1.807, 2.05) is 0 Å². The van der Waals surface area contributed by atoms with E-state index in [4.69, 9.17) is 0 Å². The summed E-state index contributed by atoms with van der Waals surface area (Å²) in [5, 5.41) is 5.72. The Morgan fingerprint density at radius 3 is 2.48 bits per heavy atom. The van der Waals surface area contributed by atoms with E-state index in [-0.39, 0.29) is 24.0 Å². The standard InChI is InChI=1S/C18H15F3N4/c1-11-8-17(24-16-7-6-13(19)9-15(16)21)25-18(23-11)22-10-12-4-2-3-5-14(12)20/h2-9H,10H2,1H3,(H2,22,23,24,25). The number of halogens is 3. The molecule has 0 unspecified atom stereocenters. The molecule has 2 N–H and O–H groups in total. The zero-order valence-corrected chi connectivity index (χ0v) is 13.4. The van der Waals surface area contributed by atoms with Gasteiger partial charge in [-0.25, -0.2) is 18.2 Å². The molecule has 7 heteroatoms. The second-order valence-electron chi connectivity index (χ2n) is 5.41. The lowest BCUT2D eigenvalue weighted by Gasteiger charge is -2.11. The molecule has 3 aromatic rings. The summed E-state index contributed by atoms with van der Waals surface area (Å²) in [5.74, 6) is -1.09. The van der Waals surface area contributed by atoms with Crippen LogP contribution in [0.3, 0.4) is 0 Å². The van der Waals surface area contributed by atoms with Crippen molar-refractivity contribution < 1.29 is 13.2 Å². The zero-order chi connectivity index (χ0) is 17.8. The first kappa shape index (κ1) is 16.8. The Bertz CT molecular complexity index is 899. The average molecular weight is 344 g/mol. The summed E-state index contributed by atoms with van der Waals surface area (Å²) in [6.45, 7) is 1.96. The van der Waals surface area contributed by atoms with E-state index >= 15 is 0 Å². The van der Waals surface area contributed by atoms with E-state index in [9.17, 15) is 13.2 Å². The van der Waals surface area contributed by atoms with Crippen molar-refractivity contribution in [2.24, 2.45) is 0 Å². The third-order valence-electron chi connectivity index (χ3n) is 3.44. The molecule has 25 heavy (non-hydrogen) atoms. The molecule has 1 heterocycles. The van der Waals surface area contributed by atoms with Crippen LogP contribution in [-0.2, 0) is 6.54 Å². The van der Waals surface area contributed by atoms with Crippen molar-refractivity contribution in [1.82, 2.24) is 9.97 Å². The number of nitrogens with one attached hydrogen (secondary N) is 2. The van der Waals surface area contributed by atoms with Crippen molar-refractivity contribution in [2.75, 3.05) is 10.6 Å². The number of nitrogens with zero attached hydrogens (tertiary/aromatic N) is 2. The van der Waals surface area contributed by atoms with Crippen LogP contribution in [0.5, 0.6) is 0 Å². The Kier molecular flexibility index (Phi) is 4.83. The molecule has 3 rings (SSSR count). The molecule has 0 atom stereocenters. The minimum Gasteiger partial charge on any atom is -0.350 e. The molecule has 0 aliphatic carbocycles. The maximum atomic E-state index is 13.7. The SMILES string of the molecule is Cc1cc(Nc2ccc(F)cc2F)nc(NCc2ccccc2F)n1. The maximum absolute atomic E-state index is 13.7. The molecule has 0 bridgehead atoms. The van der Waals surface area contributed by atoms with Crippen LogP contribution in [-0.4, -0.2) is 9.97 Å². The third kappa shape index (κ3) is 4.26. The predicted molar refractivity (Wildman–Crippen MR) is 90.1 cm³/mol. The smallest absolute Gasteiger partial charge is 0.225 e. The lowest BCUT2D eigenvalue weighted by molar-refractivity contribution is 0.586. The molecule has 0 amide bonds. The predicted octanol–water partition coefficient (Wildman–Crippen LogP) is 4.56. The lowest BCUT2D eigenvalue weighted by atomic mass is 10.2. The van der Waals surface area contributed by atoms with Gasteiger partial charge in [0, 0.05) is 29.9 Å². The van der Waals surface area contributed by atoms with Crippen LogP contribution in [0.1, 0.15) is 11.3 Å². The number of hydrogen-bond donors (Lipinski definition) is 2. The van der Waals surface area contributed by atoms with Crippen LogP contribution in [0.15, 0.2) is 48.5 Å². The Morgan fingerprint density at radius 2 is 1.72 bits per heavy atom.